The Hall–Kier alpha value is -3.95. The summed E-state index contributed by atoms with van der Waals surface area (Å²) in [4.78, 5) is 14.5. The minimum Gasteiger partial charge on any atom is -0.335 e. The molecular weight excluding hydrogens is 514 g/mol. The molecule has 1 fully saturated rings. The topological polar surface area (TPSA) is 73.5 Å². The van der Waals surface area contributed by atoms with E-state index in [0.29, 0.717) is 18.9 Å². The molecule has 6 rings (SSSR count). The lowest BCUT2D eigenvalue weighted by Crippen LogP contribution is -2.26. The molecule has 1 aliphatic rings. The van der Waals surface area contributed by atoms with Gasteiger partial charge in [-0.05, 0) is 65.1 Å². The molecule has 0 saturated carbocycles. The molecule has 1 aliphatic heterocycles. The average Bonchev–Trinajstić information content (AvgIpc) is 3.72. The number of nitrogens with one attached hydrogen (secondary N) is 2. The van der Waals surface area contributed by atoms with Gasteiger partial charge in [-0.2, -0.15) is 16.4 Å². The van der Waals surface area contributed by atoms with E-state index in [1.165, 1.54) is 0 Å². The predicted molar refractivity (Wildman–Crippen MR) is 155 cm³/mol. The van der Waals surface area contributed by atoms with E-state index in [1.54, 1.807) is 17.5 Å². The highest BCUT2D eigenvalue weighted by molar-refractivity contribution is 7.08. The lowest BCUT2D eigenvalue weighted by atomic mass is 10.00. The van der Waals surface area contributed by atoms with E-state index in [1.807, 2.05) is 60.7 Å². The quantitative estimate of drug-likeness (QED) is 0.209. The van der Waals surface area contributed by atoms with Crippen molar-refractivity contribution in [1.29, 1.82) is 0 Å². The van der Waals surface area contributed by atoms with Crippen molar-refractivity contribution in [2.45, 2.75) is 26.2 Å². The van der Waals surface area contributed by atoms with Gasteiger partial charge in [-0.3, -0.25) is 15.0 Å². The Balaban J connectivity index is 1.36. The maximum Gasteiger partial charge on any atom is 0.261 e. The Bertz CT molecular complexity index is 1720. The van der Waals surface area contributed by atoms with Crippen LogP contribution in [0.3, 0.4) is 0 Å². The fourth-order valence-electron chi connectivity index (χ4n) is 5.14. The number of hydrogen-bond acceptors (Lipinski definition) is 5. The van der Waals surface area contributed by atoms with Gasteiger partial charge in [-0.1, -0.05) is 30.4 Å². The molecule has 9 heteroatoms. The Morgan fingerprint density at radius 1 is 1.18 bits per heavy atom. The fourth-order valence-corrected chi connectivity index (χ4v) is 5.80. The third kappa shape index (κ3) is 5.07. The van der Waals surface area contributed by atoms with Crippen LogP contribution in [0.1, 0.15) is 25.8 Å². The van der Waals surface area contributed by atoms with Crippen molar-refractivity contribution < 1.29 is 8.78 Å². The van der Waals surface area contributed by atoms with Crippen LogP contribution in [0.4, 0.5) is 8.78 Å². The zero-order valence-electron chi connectivity index (χ0n) is 21.7. The van der Waals surface area contributed by atoms with E-state index >= 15 is 0 Å². The van der Waals surface area contributed by atoms with Crippen LogP contribution in [0.25, 0.3) is 50.2 Å². The minimum absolute atomic E-state index is 0.0842. The normalized spacial score (nSPS) is 16.8. The largest absolute Gasteiger partial charge is 0.335 e. The van der Waals surface area contributed by atoms with Gasteiger partial charge in [0, 0.05) is 36.7 Å². The van der Waals surface area contributed by atoms with Crippen LogP contribution in [0.5, 0.6) is 0 Å². The van der Waals surface area contributed by atoms with Gasteiger partial charge in [0.05, 0.1) is 23.8 Å². The molecule has 0 spiro atoms. The van der Waals surface area contributed by atoms with Crippen LogP contribution >= 0.6 is 11.3 Å². The summed E-state index contributed by atoms with van der Waals surface area (Å²) in [6.07, 6.45) is 11.6. The first-order valence-electron chi connectivity index (χ1n) is 12.9. The van der Waals surface area contributed by atoms with Crippen molar-refractivity contribution in [2.75, 3.05) is 19.6 Å². The molecule has 198 valence electrons. The summed E-state index contributed by atoms with van der Waals surface area (Å²) >= 11 is 1.64. The van der Waals surface area contributed by atoms with Crippen molar-refractivity contribution >= 4 is 38.8 Å². The summed E-state index contributed by atoms with van der Waals surface area (Å²) < 4.78 is 27.5. The molecule has 39 heavy (non-hydrogen) atoms. The maximum atomic E-state index is 13.8. The van der Waals surface area contributed by atoms with Gasteiger partial charge in [0.2, 0.25) is 0 Å². The van der Waals surface area contributed by atoms with Gasteiger partial charge in [0.15, 0.2) is 5.82 Å². The lowest BCUT2D eigenvalue weighted by molar-refractivity contribution is 0.0131. The molecule has 0 bridgehead atoms. The van der Waals surface area contributed by atoms with Crippen LogP contribution in [0.2, 0.25) is 0 Å². The minimum atomic E-state index is -2.61. The number of imidazole rings is 1. The van der Waals surface area contributed by atoms with E-state index in [-0.39, 0.29) is 13.0 Å². The summed E-state index contributed by atoms with van der Waals surface area (Å²) in [6.45, 7) is 4.62. The summed E-state index contributed by atoms with van der Waals surface area (Å²) in [5.74, 6) is -1.94. The molecule has 6 nitrogen and oxygen atoms in total. The summed E-state index contributed by atoms with van der Waals surface area (Å²) in [7, 11) is 0. The summed E-state index contributed by atoms with van der Waals surface area (Å²) in [5.41, 5.74) is 8.41. The van der Waals surface area contributed by atoms with E-state index in [4.69, 9.17) is 4.98 Å². The first-order chi connectivity index (χ1) is 18.9. The van der Waals surface area contributed by atoms with Crippen molar-refractivity contribution in [1.82, 2.24) is 30.0 Å². The molecular formula is C30H28F2N6S. The smallest absolute Gasteiger partial charge is 0.261 e. The number of hydrogen-bond donors (Lipinski definition) is 2. The lowest BCUT2D eigenvalue weighted by Gasteiger charge is -2.17. The van der Waals surface area contributed by atoms with E-state index in [0.717, 1.165) is 55.5 Å². The molecule has 5 aromatic rings. The second-order valence-corrected chi connectivity index (χ2v) is 10.6. The van der Waals surface area contributed by atoms with Crippen LogP contribution in [0.15, 0.2) is 77.3 Å². The SMILES string of the molecule is C/C=C/C(=C\C(=C/C)c1ccc2[nH]nc(-c3nc4c(-c5ccsc5)cncc4[nH]3)c2c1)CN1CCC(F)(F)C1. The standard InChI is InChI=1S/C30H28F2N6S/c1-3-5-19(16-38-10-9-30(31,32)18-38)12-20(4-2)21-6-7-25-23(13-21)28(37-36-25)29-34-26-15-33-14-24(27(26)35-29)22-8-11-39-17-22/h3-8,11-15,17H,9-10,16,18H2,1-2H3,(H,34,35)(H,36,37)/b5-3+,19-12+,20-4+. The molecule has 0 atom stereocenters. The third-order valence-electron chi connectivity index (χ3n) is 7.03. The molecule has 5 heterocycles. The number of aromatic amines is 2. The molecule has 1 saturated heterocycles. The van der Waals surface area contributed by atoms with Gasteiger partial charge in [0.25, 0.3) is 5.92 Å². The Morgan fingerprint density at radius 3 is 2.82 bits per heavy atom. The fraction of sp³-hybridized carbons (Fsp3) is 0.233. The molecule has 2 N–H and O–H groups in total. The number of pyridine rings is 1. The molecule has 0 unspecified atom stereocenters. The van der Waals surface area contributed by atoms with Gasteiger partial charge in [0.1, 0.15) is 11.2 Å². The number of halogens is 2. The van der Waals surface area contributed by atoms with E-state index in [2.05, 4.69) is 43.8 Å². The first kappa shape index (κ1) is 25.3. The van der Waals surface area contributed by atoms with Crippen LogP contribution < -0.4 is 0 Å². The zero-order valence-corrected chi connectivity index (χ0v) is 22.5. The molecule has 4 aromatic heterocycles. The van der Waals surface area contributed by atoms with Gasteiger partial charge < -0.3 is 4.98 Å². The van der Waals surface area contributed by atoms with Crippen LogP contribution in [-0.2, 0) is 0 Å². The Morgan fingerprint density at radius 2 is 2.08 bits per heavy atom. The molecule has 0 radical (unpaired) electrons. The van der Waals surface area contributed by atoms with Crippen molar-refractivity contribution in [3.05, 3.63) is 82.9 Å². The van der Waals surface area contributed by atoms with Crippen molar-refractivity contribution in [3.63, 3.8) is 0 Å². The number of rotatable bonds is 7. The highest BCUT2D eigenvalue weighted by Crippen LogP contribution is 2.33. The maximum absolute atomic E-state index is 13.8. The van der Waals surface area contributed by atoms with Crippen molar-refractivity contribution in [2.24, 2.45) is 0 Å². The Labute approximate surface area is 228 Å². The molecule has 0 aliphatic carbocycles. The van der Waals surface area contributed by atoms with Gasteiger partial charge in [-0.25, -0.2) is 13.8 Å². The number of nitrogens with zero attached hydrogens (tertiary/aromatic N) is 4. The number of H-pyrrole nitrogens is 2. The number of thiophene rings is 1. The van der Waals surface area contributed by atoms with Crippen LogP contribution in [0, 0.1) is 0 Å². The highest BCUT2D eigenvalue weighted by Gasteiger charge is 2.38. The predicted octanol–water partition coefficient (Wildman–Crippen LogP) is 7.48. The second kappa shape index (κ2) is 10.3. The molecule has 1 aromatic carbocycles. The molecule has 0 amide bonds. The van der Waals surface area contributed by atoms with E-state index < -0.39 is 5.92 Å². The van der Waals surface area contributed by atoms with Crippen molar-refractivity contribution in [3.8, 4) is 22.6 Å². The first-order valence-corrected chi connectivity index (χ1v) is 13.8. The van der Waals surface area contributed by atoms with Crippen LogP contribution in [-0.4, -0.2) is 55.6 Å². The van der Waals surface area contributed by atoms with Gasteiger partial charge in [-0.15, -0.1) is 0 Å². The number of likely N-dealkylation sites (tertiary alicyclic amines) is 1. The number of fused-ring (bicyclic) bond motifs is 2. The number of alkyl halides is 2. The zero-order chi connectivity index (χ0) is 27.0. The highest BCUT2D eigenvalue weighted by atomic mass is 32.1. The third-order valence-corrected chi connectivity index (χ3v) is 7.72. The summed E-state index contributed by atoms with van der Waals surface area (Å²) in [6, 6.07) is 8.22. The Kier molecular flexibility index (Phi) is 6.70. The second-order valence-electron chi connectivity index (χ2n) is 9.79. The number of benzene rings is 1. The summed E-state index contributed by atoms with van der Waals surface area (Å²) in [5, 5.41) is 12.8. The van der Waals surface area contributed by atoms with E-state index in [9.17, 15) is 8.78 Å². The number of allylic oxidation sites excluding steroid dienone is 4. The number of aromatic nitrogens is 5. The van der Waals surface area contributed by atoms with Gasteiger partial charge >= 0.3 is 0 Å². The monoisotopic (exact) mass is 542 g/mol. The average molecular weight is 543 g/mol.